The number of carbonyl (C=O) groups excluding carboxylic acids is 1. The minimum atomic E-state index is -0.350. The predicted molar refractivity (Wildman–Crippen MR) is 47.8 cm³/mol. The minimum Gasteiger partial charge on any atom is -0.336 e. The molecule has 1 aromatic heterocycles. The molecular weight excluding hydrogens is 192 g/mol. The fraction of sp³-hybridized carbons (Fsp3) is 0.400. The molecule has 72 valence electrons. The summed E-state index contributed by atoms with van der Waals surface area (Å²) >= 11 is 1.18. The molecule has 0 aliphatic carbocycles. The first kappa shape index (κ1) is 9.81. The number of hydrogen-bond acceptors (Lipinski definition) is 6. The van der Waals surface area contributed by atoms with Gasteiger partial charge in [0.05, 0.1) is 5.25 Å². The van der Waals surface area contributed by atoms with E-state index in [0.717, 1.165) is 0 Å². The lowest BCUT2D eigenvalue weighted by Gasteiger charge is -2.07. The van der Waals surface area contributed by atoms with Crippen molar-refractivity contribution in [2.45, 2.75) is 17.3 Å². The van der Waals surface area contributed by atoms with Crippen LogP contribution >= 0.6 is 11.8 Å². The highest BCUT2D eigenvalue weighted by Crippen LogP contribution is 2.18. The van der Waals surface area contributed by atoms with Gasteiger partial charge in [-0.1, -0.05) is 11.8 Å². The molecular formula is C5H10N6OS. The van der Waals surface area contributed by atoms with Gasteiger partial charge < -0.3 is 5.84 Å². The van der Waals surface area contributed by atoms with Crippen molar-refractivity contribution in [2.24, 2.45) is 5.84 Å². The molecule has 0 spiro atoms. The Bertz CT molecular complexity index is 299. The Kier molecular flexibility index (Phi) is 3.09. The molecule has 1 atom stereocenters. The van der Waals surface area contributed by atoms with E-state index in [1.807, 2.05) is 5.43 Å². The molecule has 0 saturated heterocycles. The number of rotatable bonds is 3. The third-order valence-electron chi connectivity index (χ3n) is 1.33. The Morgan fingerprint density at radius 1 is 1.85 bits per heavy atom. The molecule has 8 heteroatoms. The predicted octanol–water partition coefficient (Wildman–Crippen LogP) is -1.54. The van der Waals surface area contributed by atoms with E-state index in [4.69, 9.17) is 11.7 Å². The van der Waals surface area contributed by atoms with Crippen LogP contribution < -0.4 is 17.1 Å². The molecule has 1 heterocycles. The van der Waals surface area contributed by atoms with Gasteiger partial charge in [-0.2, -0.15) is 0 Å². The summed E-state index contributed by atoms with van der Waals surface area (Å²) in [5.41, 5.74) is 2.04. The number of hydrazine groups is 1. The lowest BCUT2D eigenvalue weighted by molar-refractivity contribution is -0.120. The highest BCUT2D eigenvalue weighted by atomic mass is 32.2. The zero-order chi connectivity index (χ0) is 9.84. The molecule has 7 nitrogen and oxygen atoms in total. The van der Waals surface area contributed by atoms with Gasteiger partial charge in [0.2, 0.25) is 11.1 Å². The fourth-order valence-electron chi connectivity index (χ4n) is 0.645. The minimum absolute atomic E-state index is 0.284. The van der Waals surface area contributed by atoms with Gasteiger partial charge in [0.25, 0.3) is 0 Å². The van der Waals surface area contributed by atoms with Crippen LogP contribution in [0.3, 0.4) is 0 Å². The van der Waals surface area contributed by atoms with Crippen LogP contribution in [0, 0.1) is 0 Å². The largest absolute Gasteiger partial charge is 0.336 e. The van der Waals surface area contributed by atoms with Crippen LogP contribution in [0.15, 0.2) is 11.5 Å². The second-order valence-electron chi connectivity index (χ2n) is 2.29. The molecule has 0 aliphatic rings. The van der Waals surface area contributed by atoms with E-state index >= 15 is 0 Å². The summed E-state index contributed by atoms with van der Waals surface area (Å²) in [6, 6.07) is 0. The van der Waals surface area contributed by atoms with Crippen molar-refractivity contribution in [3.8, 4) is 0 Å². The zero-order valence-electron chi connectivity index (χ0n) is 6.97. The van der Waals surface area contributed by atoms with Crippen LogP contribution in [0.25, 0.3) is 0 Å². The first-order valence-electron chi connectivity index (χ1n) is 3.47. The quantitative estimate of drug-likeness (QED) is 0.237. The van der Waals surface area contributed by atoms with Crippen molar-refractivity contribution in [2.75, 3.05) is 5.84 Å². The molecule has 0 saturated carbocycles. The molecule has 0 aliphatic heterocycles. The maximum atomic E-state index is 11.0. The van der Waals surface area contributed by atoms with E-state index in [1.54, 1.807) is 6.92 Å². The Labute approximate surface area is 78.8 Å². The summed E-state index contributed by atoms with van der Waals surface area (Å²) in [6.45, 7) is 1.70. The molecule has 1 rings (SSSR count). The number of carbonyl (C=O) groups is 1. The number of hydrogen-bond donors (Lipinski definition) is 3. The van der Waals surface area contributed by atoms with Crippen LogP contribution in [0.1, 0.15) is 6.92 Å². The van der Waals surface area contributed by atoms with Crippen LogP contribution in [0.5, 0.6) is 0 Å². The lowest BCUT2D eigenvalue weighted by Crippen LogP contribution is -2.36. The SMILES string of the molecule is CC(Sc1nncn1N)C(=O)NN. The number of nitrogens with one attached hydrogen (secondary N) is 1. The van der Waals surface area contributed by atoms with E-state index in [1.165, 1.54) is 22.8 Å². The second-order valence-corrected chi connectivity index (χ2v) is 3.60. The number of thioether (sulfide) groups is 1. The Hall–Kier alpha value is -1.28. The standard InChI is InChI=1S/C5H10N6OS/c1-3(4(12)9-6)13-5-10-8-2-11(5)7/h2-3H,6-7H2,1H3,(H,9,12). The number of aromatic nitrogens is 3. The van der Waals surface area contributed by atoms with Gasteiger partial charge >= 0.3 is 0 Å². The van der Waals surface area contributed by atoms with Gasteiger partial charge in [-0.05, 0) is 6.92 Å². The second kappa shape index (κ2) is 4.10. The number of amides is 1. The Morgan fingerprint density at radius 3 is 3.00 bits per heavy atom. The number of nitrogens with zero attached hydrogens (tertiary/aromatic N) is 3. The lowest BCUT2D eigenvalue weighted by atomic mass is 10.5. The fourth-order valence-corrected chi connectivity index (χ4v) is 1.40. The molecule has 1 amide bonds. The summed E-state index contributed by atoms with van der Waals surface area (Å²) in [4.78, 5) is 11.0. The molecule has 13 heavy (non-hydrogen) atoms. The summed E-state index contributed by atoms with van der Waals surface area (Å²) in [5.74, 6) is 10.1. The van der Waals surface area contributed by atoms with Crippen LogP contribution in [-0.2, 0) is 4.79 Å². The van der Waals surface area contributed by atoms with E-state index in [-0.39, 0.29) is 11.2 Å². The average Bonchev–Trinajstić information content (AvgIpc) is 2.50. The van der Waals surface area contributed by atoms with Gasteiger partial charge in [0, 0.05) is 0 Å². The maximum absolute atomic E-state index is 11.0. The summed E-state index contributed by atoms with van der Waals surface area (Å²) in [6.07, 6.45) is 1.36. The smallest absolute Gasteiger partial charge is 0.247 e. The first-order chi connectivity index (χ1) is 6.15. The van der Waals surface area contributed by atoms with Gasteiger partial charge in [0.15, 0.2) is 0 Å². The first-order valence-corrected chi connectivity index (χ1v) is 4.35. The molecule has 1 unspecified atom stereocenters. The highest BCUT2D eigenvalue weighted by Gasteiger charge is 2.15. The third-order valence-corrected chi connectivity index (χ3v) is 2.40. The molecule has 0 fully saturated rings. The summed E-state index contributed by atoms with van der Waals surface area (Å²) < 4.78 is 1.24. The van der Waals surface area contributed by atoms with Gasteiger partial charge in [0.1, 0.15) is 6.33 Å². The van der Waals surface area contributed by atoms with Crippen molar-refractivity contribution < 1.29 is 4.79 Å². The number of nitrogens with two attached hydrogens (primary N) is 2. The van der Waals surface area contributed by atoms with Crippen molar-refractivity contribution in [1.29, 1.82) is 0 Å². The van der Waals surface area contributed by atoms with Crippen LogP contribution in [0.4, 0.5) is 0 Å². The molecule has 0 bridgehead atoms. The van der Waals surface area contributed by atoms with Crippen molar-refractivity contribution in [1.82, 2.24) is 20.3 Å². The van der Waals surface area contributed by atoms with Gasteiger partial charge in [-0.3, -0.25) is 10.2 Å². The monoisotopic (exact) mass is 202 g/mol. The zero-order valence-corrected chi connectivity index (χ0v) is 7.78. The summed E-state index contributed by atoms with van der Waals surface area (Å²) in [7, 11) is 0. The Balaban J connectivity index is 2.59. The summed E-state index contributed by atoms with van der Waals surface area (Å²) in [5, 5.41) is 7.38. The third kappa shape index (κ3) is 2.33. The molecule has 1 aromatic rings. The molecule has 0 radical (unpaired) electrons. The van der Waals surface area contributed by atoms with Gasteiger partial charge in [-0.15, -0.1) is 10.2 Å². The van der Waals surface area contributed by atoms with E-state index in [0.29, 0.717) is 5.16 Å². The van der Waals surface area contributed by atoms with Crippen molar-refractivity contribution >= 4 is 17.7 Å². The maximum Gasteiger partial charge on any atom is 0.247 e. The molecule has 0 aromatic carbocycles. The van der Waals surface area contributed by atoms with E-state index in [9.17, 15) is 4.79 Å². The van der Waals surface area contributed by atoms with Crippen LogP contribution in [-0.4, -0.2) is 26.0 Å². The number of nitrogen functional groups attached to an aromatic ring is 1. The normalized spacial score (nSPS) is 12.5. The van der Waals surface area contributed by atoms with Crippen molar-refractivity contribution in [3.63, 3.8) is 0 Å². The highest BCUT2D eigenvalue weighted by molar-refractivity contribution is 8.00. The van der Waals surface area contributed by atoms with E-state index in [2.05, 4.69) is 10.2 Å². The average molecular weight is 202 g/mol. The van der Waals surface area contributed by atoms with Gasteiger partial charge in [-0.25, -0.2) is 10.5 Å². The Morgan fingerprint density at radius 2 is 2.54 bits per heavy atom. The van der Waals surface area contributed by atoms with E-state index < -0.39 is 0 Å². The topological polar surface area (TPSA) is 112 Å². The molecule has 5 N–H and O–H groups in total. The van der Waals surface area contributed by atoms with Crippen molar-refractivity contribution in [3.05, 3.63) is 6.33 Å². The van der Waals surface area contributed by atoms with Crippen LogP contribution in [0.2, 0.25) is 0 Å².